The lowest BCUT2D eigenvalue weighted by Crippen LogP contribution is -2.32. The van der Waals surface area contributed by atoms with Gasteiger partial charge in [-0.1, -0.05) is 18.2 Å². The summed E-state index contributed by atoms with van der Waals surface area (Å²) in [6.07, 6.45) is 2.20. The number of carbonyl (C=O) groups excluding carboxylic acids is 1. The van der Waals surface area contributed by atoms with Crippen molar-refractivity contribution in [2.24, 2.45) is 0 Å². The number of halogens is 1. The van der Waals surface area contributed by atoms with Gasteiger partial charge in [-0.25, -0.2) is 4.39 Å². The third-order valence-corrected chi connectivity index (χ3v) is 5.73. The van der Waals surface area contributed by atoms with Crippen LogP contribution in [0.15, 0.2) is 60.7 Å². The summed E-state index contributed by atoms with van der Waals surface area (Å²) in [6.45, 7) is 8.08. The monoisotopic (exact) mass is 460 g/mol. The van der Waals surface area contributed by atoms with Crippen LogP contribution >= 0.6 is 0 Å². The number of methoxy groups -OCH3 is 1. The number of rotatable bonds is 6. The molecule has 0 atom stereocenters. The van der Waals surface area contributed by atoms with Crippen LogP contribution in [-0.2, 0) is 11.4 Å². The predicted molar refractivity (Wildman–Crippen MR) is 135 cm³/mol. The summed E-state index contributed by atoms with van der Waals surface area (Å²) in [5.41, 5.74) is 6.34. The van der Waals surface area contributed by atoms with E-state index in [-0.39, 0.29) is 23.9 Å². The van der Waals surface area contributed by atoms with Gasteiger partial charge in [0.25, 0.3) is 0 Å². The lowest BCUT2D eigenvalue weighted by molar-refractivity contribution is -0.114. The molecule has 0 saturated heterocycles. The van der Waals surface area contributed by atoms with Gasteiger partial charge in [-0.05, 0) is 62.2 Å². The van der Waals surface area contributed by atoms with E-state index < -0.39 is 0 Å². The zero-order chi connectivity index (χ0) is 24.5. The first-order chi connectivity index (χ1) is 16.2. The molecule has 0 unspecified atom stereocenters. The molecule has 0 bridgehead atoms. The highest BCUT2D eigenvalue weighted by Gasteiger charge is 2.27. The van der Waals surface area contributed by atoms with E-state index in [4.69, 9.17) is 9.47 Å². The molecule has 0 aliphatic carbocycles. The normalized spacial score (nSPS) is 13.9. The van der Waals surface area contributed by atoms with Crippen LogP contribution in [0, 0.1) is 5.82 Å². The van der Waals surface area contributed by atoms with E-state index in [1.165, 1.54) is 26.2 Å². The van der Waals surface area contributed by atoms with E-state index in [9.17, 15) is 9.18 Å². The number of carbonyl (C=O) groups is 1. The number of amides is 1. The third-order valence-electron chi connectivity index (χ3n) is 5.73. The van der Waals surface area contributed by atoms with Crippen molar-refractivity contribution in [3.05, 3.63) is 77.6 Å². The zero-order valence-corrected chi connectivity index (χ0v) is 20.1. The second kappa shape index (κ2) is 9.21. The SMILES string of the molecule is COc1cc(F)ccc1-c1ccc2c(c1COc1cccc(NC(C)=O)c1)C(C)=CC(C)(C)N2. The topological polar surface area (TPSA) is 59.6 Å². The summed E-state index contributed by atoms with van der Waals surface area (Å²) in [5, 5.41) is 6.36. The Balaban J connectivity index is 1.81. The van der Waals surface area contributed by atoms with Crippen molar-refractivity contribution in [2.75, 3.05) is 17.7 Å². The molecule has 0 aromatic heterocycles. The van der Waals surface area contributed by atoms with E-state index in [0.717, 1.165) is 33.5 Å². The molecule has 3 aromatic carbocycles. The smallest absolute Gasteiger partial charge is 0.221 e. The summed E-state index contributed by atoms with van der Waals surface area (Å²) in [5.74, 6) is 0.589. The first-order valence-electron chi connectivity index (χ1n) is 11.1. The molecule has 2 N–H and O–H groups in total. The first kappa shape index (κ1) is 23.4. The Labute approximate surface area is 199 Å². The van der Waals surface area contributed by atoms with Gasteiger partial charge in [0, 0.05) is 47.1 Å². The van der Waals surface area contributed by atoms with Crippen LogP contribution in [-0.4, -0.2) is 18.6 Å². The van der Waals surface area contributed by atoms with Crippen molar-refractivity contribution in [3.63, 3.8) is 0 Å². The van der Waals surface area contributed by atoms with Crippen LogP contribution in [0.1, 0.15) is 38.8 Å². The molecule has 0 spiro atoms. The molecule has 5 nitrogen and oxygen atoms in total. The molecular formula is C28H29FN2O3. The van der Waals surface area contributed by atoms with Gasteiger partial charge in [-0.2, -0.15) is 0 Å². The second-order valence-electron chi connectivity index (χ2n) is 9.03. The number of nitrogens with one attached hydrogen (secondary N) is 2. The lowest BCUT2D eigenvalue weighted by atomic mass is 9.85. The Morgan fingerprint density at radius 1 is 1.09 bits per heavy atom. The zero-order valence-electron chi connectivity index (χ0n) is 20.1. The molecule has 34 heavy (non-hydrogen) atoms. The summed E-state index contributed by atoms with van der Waals surface area (Å²) in [7, 11) is 1.54. The van der Waals surface area contributed by atoms with E-state index in [1.807, 2.05) is 30.3 Å². The molecule has 0 radical (unpaired) electrons. The van der Waals surface area contributed by atoms with Gasteiger partial charge in [-0.3, -0.25) is 4.79 Å². The molecule has 1 aliphatic heterocycles. The summed E-state index contributed by atoms with van der Waals surface area (Å²) in [6, 6.07) is 15.9. The first-order valence-corrected chi connectivity index (χ1v) is 11.1. The summed E-state index contributed by atoms with van der Waals surface area (Å²) >= 11 is 0. The van der Waals surface area contributed by atoms with Crippen LogP contribution in [0.4, 0.5) is 15.8 Å². The number of anilines is 2. The Morgan fingerprint density at radius 3 is 2.59 bits per heavy atom. The third kappa shape index (κ3) is 4.91. The number of ether oxygens (including phenoxy) is 2. The minimum Gasteiger partial charge on any atom is -0.496 e. The van der Waals surface area contributed by atoms with Crippen molar-refractivity contribution >= 4 is 22.9 Å². The Bertz CT molecular complexity index is 1280. The van der Waals surface area contributed by atoms with Crippen molar-refractivity contribution in [1.82, 2.24) is 0 Å². The van der Waals surface area contributed by atoms with E-state index in [2.05, 4.69) is 37.5 Å². The summed E-state index contributed by atoms with van der Waals surface area (Å²) < 4.78 is 25.6. The fourth-order valence-electron chi connectivity index (χ4n) is 4.51. The van der Waals surface area contributed by atoms with Gasteiger partial charge in [-0.15, -0.1) is 0 Å². The quantitative estimate of drug-likeness (QED) is 0.433. The minimum atomic E-state index is -0.356. The van der Waals surface area contributed by atoms with Gasteiger partial charge >= 0.3 is 0 Å². The van der Waals surface area contributed by atoms with E-state index >= 15 is 0 Å². The maximum Gasteiger partial charge on any atom is 0.221 e. The van der Waals surface area contributed by atoms with Gasteiger partial charge in [0.15, 0.2) is 0 Å². The fraction of sp³-hybridized carbons (Fsp3) is 0.250. The van der Waals surface area contributed by atoms with Crippen molar-refractivity contribution in [1.29, 1.82) is 0 Å². The predicted octanol–water partition coefficient (Wildman–Crippen LogP) is 6.65. The van der Waals surface area contributed by atoms with Crippen molar-refractivity contribution in [2.45, 2.75) is 39.8 Å². The van der Waals surface area contributed by atoms with Crippen LogP contribution in [0.3, 0.4) is 0 Å². The molecule has 3 aromatic rings. The second-order valence-corrected chi connectivity index (χ2v) is 9.03. The number of hydrogen-bond donors (Lipinski definition) is 2. The lowest BCUT2D eigenvalue weighted by Gasteiger charge is -2.33. The molecule has 176 valence electrons. The maximum atomic E-state index is 13.9. The molecular weight excluding hydrogens is 431 g/mol. The van der Waals surface area contributed by atoms with Crippen LogP contribution in [0.2, 0.25) is 0 Å². The molecule has 1 heterocycles. The highest BCUT2D eigenvalue weighted by molar-refractivity contribution is 5.89. The van der Waals surface area contributed by atoms with E-state index in [1.54, 1.807) is 12.1 Å². The van der Waals surface area contributed by atoms with Gasteiger partial charge in [0.2, 0.25) is 5.91 Å². The standard InChI is InChI=1S/C28H29FN2O3/c1-17-15-28(3,4)31-25-12-11-22(23-10-9-19(29)13-26(23)33-5)24(27(17)25)16-34-21-8-6-7-20(14-21)30-18(2)32/h6-15,31H,16H2,1-5H3,(H,30,32). The number of hydrogen-bond acceptors (Lipinski definition) is 4. The van der Waals surface area contributed by atoms with Gasteiger partial charge in [0.05, 0.1) is 12.6 Å². The largest absolute Gasteiger partial charge is 0.496 e. The Kier molecular flexibility index (Phi) is 6.33. The molecule has 4 rings (SSSR count). The summed E-state index contributed by atoms with van der Waals surface area (Å²) in [4.78, 5) is 11.4. The maximum absolute atomic E-state index is 13.9. The molecule has 1 aliphatic rings. The van der Waals surface area contributed by atoms with Crippen molar-refractivity contribution in [3.8, 4) is 22.6 Å². The van der Waals surface area contributed by atoms with E-state index in [0.29, 0.717) is 17.2 Å². The number of allylic oxidation sites excluding steroid dienone is 1. The number of fused-ring (bicyclic) bond motifs is 1. The minimum absolute atomic E-state index is 0.144. The highest BCUT2D eigenvalue weighted by atomic mass is 19.1. The fourth-order valence-corrected chi connectivity index (χ4v) is 4.51. The van der Waals surface area contributed by atoms with Crippen LogP contribution in [0.5, 0.6) is 11.5 Å². The van der Waals surface area contributed by atoms with Crippen molar-refractivity contribution < 1.29 is 18.7 Å². The number of benzene rings is 3. The highest BCUT2D eigenvalue weighted by Crippen LogP contribution is 2.42. The van der Waals surface area contributed by atoms with Crippen LogP contribution in [0.25, 0.3) is 16.7 Å². The average molecular weight is 461 g/mol. The van der Waals surface area contributed by atoms with Gasteiger partial charge in [0.1, 0.15) is 23.9 Å². The molecule has 0 saturated carbocycles. The molecule has 1 amide bonds. The van der Waals surface area contributed by atoms with Crippen LogP contribution < -0.4 is 20.1 Å². The van der Waals surface area contributed by atoms with Gasteiger partial charge < -0.3 is 20.1 Å². The average Bonchev–Trinajstić information content (AvgIpc) is 2.76. The molecule has 0 fully saturated rings. The molecule has 6 heteroatoms. The Hall–Kier alpha value is -3.80. The Morgan fingerprint density at radius 2 is 1.85 bits per heavy atom.